The third-order valence-corrected chi connectivity index (χ3v) is 5.03. The summed E-state index contributed by atoms with van der Waals surface area (Å²) in [6.07, 6.45) is 0.799. The lowest BCUT2D eigenvalue weighted by Gasteiger charge is -2.14. The van der Waals surface area contributed by atoms with Gasteiger partial charge in [0.15, 0.2) is 0 Å². The highest BCUT2D eigenvalue weighted by atomic mass is 16.5. The maximum absolute atomic E-state index is 11.1. The summed E-state index contributed by atoms with van der Waals surface area (Å²) in [7, 11) is 0. The number of benzene rings is 3. The molecule has 0 aliphatic carbocycles. The highest BCUT2D eigenvalue weighted by Gasteiger charge is 2.19. The second-order valence-electron chi connectivity index (χ2n) is 7.10. The molecule has 148 valence electrons. The normalized spacial score (nSPS) is 12.3. The summed E-state index contributed by atoms with van der Waals surface area (Å²) < 4.78 is 11.9. The molecule has 0 amide bonds. The summed E-state index contributed by atoms with van der Waals surface area (Å²) in [6, 6.07) is 19.6. The predicted octanol–water partition coefficient (Wildman–Crippen LogP) is 3.95. The summed E-state index contributed by atoms with van der Waals surface area (Å²) in [4.78, 5) is 11.1. The van der Waals surface area contributed by atoms with Gasteiger partial charge in [-0.2, -0.15) is 0 Å². The molecule has 0 aromatic heterocycles. The van der Waals surface area contributed by atoms with E-state index >= 15 is 0 Å². The molecule has 1 heterocycles. The number of carboxylic acids is 1. The van der Waals surface area contributed by atoms with Crippen LogP contribution in [0.4, 0.5) is 0 Å². The molecule has 0 atom stereocenters. The predicted molar refractivity (Wildman–Crippen MR) is 111 cm³/mol. The standard InChI is InChI=1S/C24H23NO4/c25-14-16-4-3-6-18(10-16)21-12-17(11-20-8-9-28-24(20)21)15-29-22-7-2-1-5-19(22)13-23(26)27/h1-7,10-12H,8-9,13-15,25H2,(H,26,27). The Morgan fingerprint density at radius 2 is 1.93 bits per heavy atom. The van der Waals surface area contributed by atoms with E-state index in [2.05, 4.69) is 24.3 Å². The molecule has 0 unspecified atom stereocenters. The van der Waals surface area contributed by atoms with Crippen molar-refractivity contribution in [3.63, 3.8) is 0 Å². The Hall–Kier alpha value is -3.31. The molecule has 29 heavy (non-hydrogen) atoms. The van der Waals surface area contributed by atoms with Gasteiger partial charge in [0.05, 0.1) is 13.0 Å². The van der Waals surface area contributed by atoms with Crippen LogP contribution in [0.2, 0.25) is 0 Å². The first-order valence-electron chi connectivity index (χ1n) is 9.64. The molecule has 5 heteroatoms. The zero-order valence-electron chi connectivity index (χ0n) is 16.1. The molecule has 4 rings (SSSR count). The van der Waals surface area contributed by atoms with Crippen molar-refractivity contribution in [2.45, 2.75) is 26.0 Å². The number of hydrogen-bond donors (Lipinski definition) is 2. The van der Waals surface area contributed by atoms with Gasteiger partial charge in [0.1, 0.15) is 18.1 Å². The van der Waals surface area contributed by atoms with Gasteiger partial charge in [-0.1, -0.05) is 36.4 Å². The fourth-order valence-electron chi connectivity index (χ4n) is 3.65. The van der Waals surface area contributed by atoms with E-state index in [0.29, 0.717) is 31.1 Å². The van der Waals surface area contributed by atoms with Gasteiger partial charge in [0, 0.05) is 24.1 Å². The Morgan fingerprint density at radius 3 is 2.76 bits per heavy atom. The highest BCUT2D eigenvalue weighted by molar-refractivity contribution is 5.74. The Labute approximate surface area is 169 Å². The summed E-state index contributed by atoms with van der Waals surface area (Å²) in [5.74, 6) is 0.644. The van der Waals surface area contributed by atoms with E-state index < -0.39 is 5.97 Å². The number of carbonyl (C=O) groups is 1. The fourth-order valence-corrected chi connectivity index (χ4v) is 3.65. The molecule has 1 aliphatic rings. The lowest BCUT2D eigenvalue weighted by molar-refractivity contribution is -0.136. The minimum absolute atomic E-state index is 0.0642. The molecular formula is C24H23NO4. The van der Waals surface area contributed by atoms with Crippen molar-refractivity contribution in [1.29, 1.82) is 0 Å². The van der Waals surface area contributed by atoms with E-state index in [1.165, 1.54) is 0 Å². The first-order chi connectivity index (χ1) is 14.1. The third-order valence-electron chi connectivity index (χ3n) is 5.03. The van der Waals surface area contributed by atoms with Crippen LogP contribution in [0.25, 0.3) is 11.1 Å². The quantitative estimate of drug-likeness (QED) is 0.639. The van der Waals surface area contributed by atoms with E-state index in [-0.39, 0.29) is 6.42 Å². The molecule has 0 saturated heterocycles. The Bertz CT molecular complexity index is 1040. The van der Waals surface area contributed by atoms with Crippen molar-refractivity contribution in [2.75, 3.05) is 6.61 Å². The van der Waals surface area contributed by atoms with Crippen LogP contribution in [0.3, 0.4) is 0 Å². The van der Waals surface area contributed by atoms with Crippen molar-refractivity contribution in [3.05, 3.63) is 82.9 Å². The molecule has 3 aromatic rings. The third kappa shape index (κ3) is 4.25. The zero-order chi connectivity index (χ0) is 20.2. The number of fused-ring (bicyclic) bond motifs is 1. The van der Waals surface area contributed by atoms with Gasteiger partial charge in [-0.25, -0.2) is 0 Å². The van der Waals surface area contributed by atoms with E-state index in [0.717, 1.165) is 40.0 Å². The zero-order valence-corrected chi connectivity index (χ0v) is 16.1. The van der Waals surface area contributed by atoms with Crippen LogP contribution in [-0.4, -0.2) is 17.7 Å². The number of carboxylic acid groups (broad SMARTS) is 1. The molecule has 1 aliphatic heterocycles. The second kappa shape index (κ2) is 8.37. The topological polar surface area (TPSA) is 81.8 Å². The molecule has 0 bridgehead atoms. The number of hydrogen-bond acceptors (Lipinski definition) is 4. The number of ether oxygens (including phenoxy) is 2. The van der Waals surface area contributed by atoms with Crippen molar-refractivity contribution in [2.24, 2.45) is 5.73 Å². The molecule has 0 fully saturated rings. The Morgan fingerprint density at radius 1 is 1.07 bits per heavy atom. The van der Waals surface area contributed by atoms with Crippen molar-refractivity contribution in [3.8, 4) is 22.6 Å². The van der Waals surface area contributed by atoms with E-state index in [1.807, 2.05) is 24.3 Å². The molecule has 5 nitrogen and oxygen atoms in total. The van der Waals surface area contributed by atoms with Crippen molar-refractivity contribution >= 4 is 5.97 Å². The van der Waals surface area contributed by atoms with Gasteiger partial charge in [-0.05, 0) is 46.5 Å². The largest absolute Gasteiger partial charge is 0.492 e. The summed E-state index contributed by atoms with van der Waals surface area (Å²) in [6.45, 7) is 1.51. The summed E-state index contributed by atoms with van der Waals surface area (Å²) in [5, 5.41) is 9.11. The maximum Gasteiger partial charge on any atom is 0.307 e. The van der Waals surface area contributed by atoms with Crippen LogP contribution in [-0.2, 0) is 30.8 Å². The number of nitrogens with two attached hydrogens (primary N) is 1. The Kier molecular flexibility index (Phi) is 5.49. The fraction of sp³-hybridized carbons (Fsp3) is 0.208. The van der Waals surface area contributed by atoms with Crippen LogP contribution in [0, 0.1) is 0 Å². The number of para-hydroxylation sites is 1. The summed E-state index contributed by atoms with van der Waals surface area (Å²) >= 11 is 0. The SMILES string of the molecule is NCc1cccc(-c2cc(COc3ccccc3CC(=O)O)cc3c2OCC3)c1. The smallest absolute Gasteiger partial charge is 0.307 e. The van der Waals surface area contributed by atoms with Crippen LogP contribution in [0.1, 0.15) is 22.3 Å². The Balaban J connectivity index is 1.63. The maximum atomic E-state index is 11.1. The van der Waals surface area contributed by atoms with E-state index in [1.54, 1.807) is 12.1 Å². The lowest BCUT2D eigenvalue weighted by atomic mass is 9.97. The summed E-state index contributed by atoms with van der Waals surface area (Å²) in [5.41, 5.74) is 11.8. The first kappa shape index (κ1) is 19.0. The molecule has 0 spiro atoms. The number of aliphatic carboxylic acids is 1. The van der Waals surface area contributed by atoms with Gasteiger partial charge < -0.3 is 20.3 Å². The van der Waals surface area contributed by atoms with Crippen molar-refractivity contribution < 1.29 is 19.4 Å². The average Bonchev–Trinajstić information content (AvgIpc) is 3.21. The van der Waals surface area contributed by atoms with Crippen molar-refractivity contribution in [1.82, 2.24) is 0 Å². The average molecular weight is 389 g/mol. The van der Waals surface area contributed by atoms with Crippen LogP contribution in [0.15, 0.2) is 60.7 Å². The second-order valence-corrected chi connectivity index (χ2v) is 7.10. The monoisotopic (exact) mass is 389 g/mol. The lowest BCUT2D eigenvalue weighted by Crippen LogP contribution is -2.04. The van der Waals surface area contributed by atoms with Gasteiger partial charge in [-0.15, -0.1) is 0 Å². The molecule has 0 radical (unpaired) electrons. The minimum Gasteiger partial charge on any atom is -0.492 e. The van der Waals surface area contributed by atoms with Gasteiger partial charge >= 0.3 is 5.97 Å². The van der Waals surface area contributed by atoms with Crippen LogP contribution >= 0.6 is 0 Å². The number of rotatable bonds is 7. The molecule has 0 saturated carbocycles. The van der Waals surface area contributed by atoms with E-state index in [4.69, 9.17) is 20.3 Å². The molecular weight excluding hydrogens is 366 g/mol. The van der Waals surface area contributed by atoms with Gasteiger partial charge in [-0.3, -0.25) is 4.79 Å². The van der Waals surface area contributed by atoms with Crippen LogP contribution < -0.4 is 15.2 Å². The highest BCUT2D eigenvalue weighted by Crippen LogP contribution is 2.38. The van der Waals surface area contributed by atoms with Gasteiger partial charge in [0.2, 0.25) is 0 Å². The van der Waals surface area contributed by atoms with E-state index in [9.17, 15) is 4.79 Å². The van der Waals surface area contributed by atoms with Gasteiger partial charge in [0.25, 0.3) is 0 Å². The molecule has 3 aromatic carbocycles. The van der Waals surface area contributed by atoms with Crippen LogP contribution in [0.5, 0.6) is 11.5 Å². The molecule has 3 N–H and O–H groups in total. The first-order valence-corrected chi connectivity index (χ1v) is 9.64. The minimum atomic E-state index is -0.877.